The summed E-state index contributed by atoms with van der Waals surface area (Å²) in [6.07, 6.45) is 0. The van der Waals surface area contributed by atoms with Crippen molar-refractivity contribution < 1.29 is 18.8 Å². The summed E-state index contributed by atoms with van der Waals surface area (Å²) in [5.41, 5.74) is 2.62. The summed E-state index contributed by atoms with van der Waals surface area (Å²) in [5, 5.41) is 6.52. The highest BCUT2D eigenvalue weighted by Gasteiger charge is 2.24. The Labute approximate surface area is 153 Å². The quantitative estimate of drug-likeness (QED) is 0.810. The number of hydrogen-bond acceptors (Lipinski definition) is 5. The molecular formula is C20H26N2O4. The maximum absolute atomic E-state index is 12.3. The predicted octanol–water partition coefficient (Wildman–Crippen LogP) is 4.20. The average Bonchev–Trinajstić information content (AvgIpc) is 2.94. The molecule has 0 saturated carbocycles. The molecule has 0 aliphatic heterocycles. The molecule has 0 spiro atoms. The molecule has 1 aromatic carbocycles. The minimum Gasteiger partial charge on any atom is -0.452 e. The second kappa shape index (κ2) is 7.72. The number of aromatic nitrogens is 1. The first-order valence-corrected chi connectivity index (χ1v) is 8.63. The molecule has 0 unspecified atom stereocenters. The van der Waals surface area contributed by atoms with Gasteiger partial charge in [-0.2, -0.15) is 0 Å². The summed E-state index contributed by atoms with van der Waals surface area (Å²) >= 11 is 0. The van der Waals surface area contributed by atoms with Crippen molar-refractivity contribution in [2.24, 2.45) is 0 Å². The molecule has 0 radical (unpaired) electrons. The van der Waals surface area contributed by atoms with Crippen molar-refractivity contribution in [2.75, 3.05) is 11.9 Å². The van der Waals surface area contributed by atoms with Crippen molar-refractivity contribution in [1.29, 1.82) is 0 Å². The normalized spacial score (nSPS) is 11.5. The van der Waals surface area contributed by atoms with Crippen LogP contribution in [-0.4, -0.2) is 23.6 Å². The third-order valence-electron chi connectivity index (χ3n) is 3.99. The first-order chi connectivity index (χ1) is 12.1. The number of nitrogens with zero attached hydrogens (tertiary/aromatic N) is 1. The van der Waals surface area contributed by atoms with Gasteiger partial charge in [-0.05, 0) is 30.0 Å². The Hall–Kier alpha value is -2.63. The number of amides is 1. The molecular weight excluding hydrogens is 332 g/mol. The van der Waals surface area contributed by atoms with Crippen LogP contribution in [0.5, 0.6) is 0 Å². The summed E-state index contributed by atoms with van der Waals surface area (Å²) in [4.78, 5) is 24.3. The maximum Gasteiger partial charge on any atom is 0.344 e. The van der Waals surface area contributed by atoms with Crippen LogP contribution in [-0.2, 0) is 14.9 Å². The zero-order valence-electron chi connectivity index (χ0n) is 16.2. The van der Waals surface area contributed by atoms with E-state index in [1.807, 2.05) is 38.1 Å². The molecule has 0 atom stereocenters. The minimum absolute atomic E-state index is 0.00564. The predicted molar refractivity (Wildman–Crippen MR) is 99.4 cm³/mol. The third-order valence-corrected chi connectivity index (χ3v) is 3.99. The highest BCUT2D eigenvalue weighted by atomic mass is 16.5. The largest absolute Gasteiger partial charge is 0.452 e. The second-order valence-corrected chi connectivity index (χ2v) is 7.61. The fraction of sp³-hybridized carbons (Fsp3) is 0.450. The van der Waals surface area contributed by atoms with Crippen molar-refractivity contribution >= 4 is 17.6 Å². The van der Waals surface area contributed by atoms with Crippen LogP contribution in [0.25, 0.3) is 0 Å². The summed E-state index contributed by atoms with van der Waals surface area (Å²) < 4.78 is 10.3. The Bertz CT molecular complexity index is 783. The molecule has 0 aliphatic carbocycles. The summed E-state index contributed by atoms with van der Waals surface area (Å²) in [7, 11) is 0. The molecule has 0 saturated heterocycles. The summed E-state index contributed by atoms with van der Waals surface area (Å²) in [5.74, 6) is -0.549. The van der Waals surface area contributed by atoms with E-state index in [0.717, 1.165) is 0 Å². The average molecular weight is 358 g/mol. The molecule has 6 nitrogen and oxygen atoms in total. The van der Waals surface area contributed by atoms with Crippen molar-refractivity contribution in [2.45, 2.75) is 52.9 Å². The van der Waals surface area contributed by atoms with Crippen molar-refractivity contribution in [1.82, 2.24) is 5.16 Å². The van der Waals surface area contributed by atoms with Gasteiger partial charge in [0.25, 0.3) is 5.91 Å². The zero-order chi connectivity index (χ0) is 19.5. The number of anilines is 1. The van der Waals surface area contributed by atoms with Gasteiger partial charge < -0.3 is 14.6 Å². The van der Waals surface area contributed by atoms with Gasteiger partial charge in [0.2, 0.25) is 0 Å². The number of aryl methyl sites for hydroxylation is 1. The van der Waals surface area contributed by atoms with Gasteiger partial charge in [-0.25, -0.2) is 4.79 Å². The molecule has 1 heterocycles. The van der Waals surface area contributed by atoms with Crippen LogP contribution in [0.15, 0.2) is 28.8 Å². The summed E-state index contributed by atoms with van der Waals surface area (Å²) in [6, 6.07) is 7.61. The Morgan fingerprint density at radius 1 is 1.19 bits per heavy atom. The molecule has 1 aromatic heterocycles. The summed E-state index contributed by atoms with van der Waals surface area (Å²) in [6.45, 7) is 11.5. The van der Waals surface area contributed by atoms with Gasteiger partial charge >= 0.3 is 5.97 Å². The topological polar surface area (TPSA) is 81.4 Å². The molecule has 2 aromatic rings. The number of nitrogens with one attached hydrogen (secondary N) is 1. The van der Waals surface area contributed by atoms with E-state index in [0.29, 0.717) is 22.7 Å². The van der Waals surface area contributed by atoms with Crippen LogP contribution >= 0.6 is 0 Å². The van der Waals surface area contributed by atoms with Gasteiger partial charge in [0.1, 0.15) is 5.56 Å². The number of carbonyl (C=O) groups excluding carboxylic acids is 2. The van der Waals surface area contributed by atoms with E-state index >= 15 is 0 Å². The van der Waals surface area contributed by atoms with Crippen molar-refractivity contribution in [3.05, 3.63) is 46.8 Å². The second-order valence-electron chi connectivity index (χ2n) is 7.61. The van der Waals surface area contributed by atoms with Crippen LogP contribution in [0.4, 0.5) is 5.69 Å². The van der Waals surface area contributed by atoms with Crippen LogP contribution < -0.4 is 5.32 Å². The maximum atomic E-state index is 12.3. The molecule has 0 bridgehead atoms. The number of benzene rings is 1. The van der Waals surface area contributed by atoms with Gasteiger partial charge in [0.15, 0.2) is 12.4 Å². The van der Waals surface area contributed by atoms with E-state index in [2.05, 4.69) is 31.2 Å². The van der Waals surface area contributed by atoms with Crippen LogP contribution in [0.2, 0.25) is 0 Å². The van der Waals surface area contributed by atoms with E-state index in [4.69, 9.17) is 9.26 Å². The molecule has 2 rings (SSSR count). The van der Waals surface area contributed by atoms with E-state index < -0.39 is 11.9 Å². The highest BCUT2D eigenvalue weighted by Crippen LogP contribution is 2.24. The van der Waals surface area contributed by atoms with Crippen LogP contribution in [0, 0.1) is 6.92 Å². The molecule has 1 N–H and O–H groups in total. The number of carbonyl (C=O) groups is 2. The van der Waals surface area contributed by atoms with E-state index in [-0.39, 0.29) is 17.9 Å². The Kier molecular flexibility index (Phi) is 5.85. The molecule has 6 heteroatoms. The third kappa shape index (κ3) is 4.71. The van der Waals surface area contributed by atoms with Gasteiger partial charge in [0.05, 0.1) is 5.69 Å². The van der Waals surface area contributed by atoms with E-state index in [9.17, 15) is 9.59 Å². The molecule has 0 fully saturated rings. The first-order valence-electron chi connectivity index (χ1n) is 8.63. The number of ether oxygens (including phenoxy) is 1. The molecule has 0 aliphatic rings. The van der Waals surface area contributed by atoms with Gasteiger partial charge in [-0.1, -0.05) is 51.9 Å². The van der Waals surface area contributed by atoms with Crippen LogP contribution in [0.1, 0.15) is 67.9 Å². The van der Waals surface area contributed by atoms with Crippen LogP contribution in [0.3, 0.4) is 0 Å². The monoisotopic (exact) mass is 358 g/mol. The fourth-order valence-electron chi connectivity index (χ4n) is 2.48. The lowest BCUT2D eigenvalue weighted by Crippen LogP contribution is -2.21. The Balaban J connectivity index is 1.95. The van der Waals surface area contributed by atoms with Crippen molar-refractivity contribution in [3.8, 4) is 0 Å². The number of rotatable bonds is 5. The van der Waals surface area contributed by atoms with E-state index in [1.165, 1.54) is 5.56 Å². The lowest BCUT2D eigenvalue weighted by Gasteiger charge is -2.19. The Morgan fingerprint density at radius 3 is 2.35 bits per heavy atom. The Morgan fingerprint density at radius 2 is 1.81 bits per heavy atom. The lowest BCUT2D eigenvalue weighted by molar-refractivity contribution is -0.119. The smallest absolute Gasteiger partial charge is 0.344 e. The number of hydrogen-bond donors (Lipinski definition) is 1. The van der Waals surface area contributed by atoms with Gasteiger partial charge in [-0.15, -0.1) is 0 Å². The molecule has 140 valence electrons. The van der Waals surface area contributed by atoms with E-state index in [1.54, 1.807) is 6.92 Å². The molecule has 1 amide bonds. The lowest BCUT2D eigenvalue weighted by atomic mass is 9.87. The molecule has 26 heavy (non-hydrogen) atoms. The zero-order valence-corrected chi connectivity index (χ0v) is 16.2. The fourth-order valence-corrected chi connectivity index (χ4v) is 2.48. The number of esters is 1. The minimum atomic E-state index is -0.606. The van der Waals surface area contributed by atoms with Gasteiger partial charge in [0, 0.05) is 11.6 Å². The standard InChI is InChI=1S/C20H26N2O4/c1-12(2)18-17(13(3)22-26-18)19(24)25-11-16(23)21-15-9-7-14(8-10-15)20(4,5)6/h7-10,12H,11H2,1-6H3,(H,21,23). The highest BCUT2D eigenvalue weighted by molar-refractivity contribution is 5.96. The SMILES string of the molecule is Cc1noc(C(C)C)c1C(=O)OCC(=O)Nc1ccc(C(C)(C)C)cc1. The van der Waals surface area contributed by atoms with Gasteiger partial charge in [-0.3, -0.25) is 4.79 Å². The first kappa shape index (κ1) is 19.7. The van der Waals surface area contributed by atoms with Crippen molar-refractivity contribution in [3.63, 3.8) is 0 Å².